The second-order valence-corrected chi connectivity index (χ2v) is 10.8. The number of rotatable bonds is 12. The number of para-hydroxylation sites is 1. The number of amides is 1. The first kappa shape index (κ1) is 29.7. The van der Waals surface area contributed by atoms with Crippen molar-refractivity contribution in [3.05, 3.63) is 150 Å². The molecule has 218 valence electrons. The number of nitrogens with zero attached hydrogens (tertiary/aromatic N) is 2. The molecule has 43 heavy (non-hydrogen) atoms. The molecule has 0 radical (unpaired) electrons. The lowest BCUT2D eigenvalue weighted by Gasteiger charge is -2.25. The third-order valence-corrected chi connectivity index (χ3v) is 7.93. The largest absolute Gasteiger partial charge is 0.480 e. The van der Waals surface area contributed by atoms with E-state index in [4.69, 9.17) is 4.99 Å². The molecule has 2 N–H and O–H groups in total. The van der Waals surface area contributed by atoms with Crippen molar-refractivity contribution in [2.24, 2.45) is 4.99 Å². The average molecular weight is 572 g/mol. The van der Waals surface area contributed by atoms with Crippen LogP contribution in [0.15, 0.2) is 133 Å². The normalized spacial score (nSPS) is 16.7. The fourth-order valence-electron chi connectivity index (χ4n) is 5.82. The SMILES string of the molecule is C=CC[C@H](c1ccccc1)[C@@H](N=C(c1ccccc1)c1ccccc1NC(=O)[C@@H]1CCCN1Cc1ccccc1)C(=O)O. The summed E-state index contributed by atoms with van der Waals surface area (Å²) in [5, 5.41) is 13.6. The number of carbonyl (C=O) groups is 2. The van der Waals surface area contributed by atoms with Gasteiger partial charge in [-0.2, -0.15) is 0 Å². The molecule has 5 rings (SSSR count). The molecular formula is C37H37N3O3. The Morgan fingerprint density at radius 1 is 0.907 bits per heavy atom. The molecule has 0 aliphatic carbocycles. The van der Waals surface area contributed by atoms with Crippen molar-refractivity contribution in [3.8, 4) is 0 Å². The first-order valence-corrected chi connectivity index (χ1v) is 14.7. The fourth-order valence-corrected chi connectivity index (χ4v) is 5.82. The molecule has 1 aliphatic rings. The van der Waals surface area contributed by atoms with Gasteiger partial charge >= 0.3 is 5.97 Å². The summed E-state index contributed by atoms with van der Waals surface area (Å²) in [6, 6.07) is 35.5. The molecule has 1 heterocycles. The van der Waals surface area contributed by atoms with E-state index in [1.807, 2.05) is 103 Å². The molecule has 0 aromatic heterocycles. The topological polar surface area (TPSA) is 82.0 Å². The Labute approximate surface area is 253 Å². The Morgan fingerprint density at radius 3 is 2.21 bits per heavy atom. The minimum atomic E-state index is -1.07. The van der Waals surface area contributed by atoms with Crippen LogP contribution in [-0.4, -0.2) is 46.2 Å². The van der Waals surface area contributed by atoms with Crippen molar-refractivity contribution >= 4 is 23.3 Å². The van der Waals surface area contributed by atoms with Gasteiger partial charge in [-0.3, -0.25) is 14.7 Å². The van der Waals surface area contributed by atoms with E-state index in [1.54, 1.807) is 6.08 Å². The highest BCUT2D eigenvalue weighted by molar-refractivity contribution is 6.17. The van der Waals surface area contributed by atoms with Crippen molar-refractivity contribution < 1.29 is 14.7 Å². The van der Waals surface area contributed by atoms with E-state index in [0.717, 1.165) is 30.5 Å². The van der Waals surface area contributed by atoms with Crippen molar-refractivity contribution in [1.29, 1.82) is 0 Å². The molecule has 4 aromatic carbocycles. The highest BCUT2D eigenvalue weighted by Crippen LogP contribution is 2.30. The Morgan fingerprint density at radius 2 is 1.53 bits per heavy atom. The highest BCUT2D eigenvalue weighted by atomic mass is 16.4. The molecule has 0 spiro atoms. The molecule has 0 unspecified atom stereocenters. The van der Waals surface area contributed by atoms with Crippen LogP contribution in [0.5, 0.6) is 0 Å². The van der Waals surface area contributed by atoms with Crippen LogP contribution in [0.4, 0.5) is 5.69 Å². The lowest BCUT2D eigenvalue weighted by molar-refractivity contribution is -0.139. The van der Waals surface area contributed by atoms with Crippen LogP contribution < -0.4 is 5.32 Å². The van der Waals surface area contributed by atoms with Crippen LogP contribution in [0.3, 0.4) is 0 Å². The number of aliphatic imine (C=N–C) groups is 1. The summed E-state index contributed by atoms with van der Waals surface area (Å²) in [6.45, 7) is 5.45. The van der Waals surface area contributed by atoms with E-state index in [-0.39, 0.29) is 11.9 Å². The van der Waals surface area contributed by atoms with Gasteiger partial charge < -0.3 is 10.4 Å². The number of aliphatic carboxylic acids is 1. The summed E-state index contributed by atoms with van der Waals surface area (Å²) in [5.41, 5.74) is 4.62. The Kier molecular flexibility index (Phi) is 9.93. The molecule has 0 saturated carbocycles. The zero-order valence-electron chi connectivity index (χ0n) is 24.2. The van der Waals surface area contributed by atoms with Crippen LogP contribution in [0, 0.1) is 0 Å². The van der Waals surface area contributed by atoms with Gasteiger partial charge in [0.25, 0.3) is 0 Å². The van der Waals surface area contributed by atoms with Gasteiger partial charge in [0.05, 0.1) is 17.4 Å². The summed E-state index contributed by atoms with van der Waals surface area (Å²) in [4.78, 5) is 33.7. The molecule has 6 heteroatoms. The van der Waals surface area contributed by atoms with E-state index in [0.29, 0.717) is 29.9 Å². The Bertz CT molecular complexity index is 1550. The molecule has 3 atom stereocenters. The number of anilines is 1. The third-order valence-electron chi connectivity index (χ3n) is 7.93. The predicted molar refractivity (Wildman–Crippen MR) is 172 cm³/mol. The van der Waals surface area contributed by atoms with Crippen molar-refractivity contribution in [2.45, 2.75) is 43.8 Å². The summed E-state index contributed by atoms with van der Waals surface area (Å²) in [6.07, 6.45) is 3.92. The lowest BCUT2D eigenvalue weighted by Crippen LogP contribution is -2.39. The second-order valence-electron chi connectivity index (χ2n) is 10.8. The minimum Gasteiger partial charge on any atom is -0.480 e. The first-order chi connectivity index (χ1) is 21.0. The number of hydrogen-bond acceptors (Lipinski definition) is 4. The molecular weight excluding hydrogens is 534 g/mol. The summed E-state index contributed by atoms with van der Waals surface area (Å²) < 4.78 is 0. The summed E-state index contributed by atoms with van der Waals surface area (Å²) >= 11 is 0. The van der Waals surface area contributed by atoms with Crippen molar-refractivity contribution in [3.63, 3.8) is 0 Å². The monoisotopic (exact) mass is 571 g/mol. The van der Waals surface area contributed by atoms with Gasteiger partial charge in [0.1, 0.15) is 0 Å². The number of carboxylic acids is 1. The number of allylic oxidation sites excluding steroid dienone is 1. The van der Waals surface area contributed by atoms with Gasteiger partial charge in [0, 0.05) is 23.6 Å². The van der Waals surface area contributed by atoms with Crippen molar-refractivity contribution in [1.82, 2.24) is 4.90 Å². The van der Waals surface area contributed by atoms with Gasteiger partial charge in [-0.25, -0.2) is 4.79 Å². The van der Waals surface area contributed by atoms with Gasteiger partial charge in [-0.15, -0.1) is 6.58 Å². The molecule has 1 fully saturated rings. The zero-order chi connectivity index (χ0) is 30.0. The molecule has 0 bridgehead atoms. The van der Waals surface area contributed by atoms with Crippen LogP contribution in [0.1, 0.15) is 47.4 Å². The Hall–Kier alpha value is -4.81. The molecule has 4 aromatic rings. The molecule has 1 saturated heterocycles. The molecule has 6 nitrogen and oxygen atoms in total. The lowest BCUT2D eigenvalue weighted by atomic mass is 9.88. The van der Waals surface area contributed by atoms with Gasteiger partial charge in [-0.1, -0.05) is 115 Å². The highest BCUT2D eigenvalue weighted by Gasteiger charge is 2.32. The second kappa shape index (κ2) is 14.4. The van der Waals surface area contributed by atoms with E-state index >= 15 is 0 Å². The standard InChI is InChI=1S/C37H37N3O3/c1-2-15-30(28-18-8-4-9-19-28)35(37(42)43)39-34(29-20-10-5-11-21-29)31-22-12-13-23-32(31)38-36(41)33-24-14-25-40(33)26-27-16-6-3-7-17-27/h2-13,16-23,30,33,35H,1,14-15,24-26H2,(H,38,41)(H,42,43)/t30-,33+,35-/m1/s1. The predicted octanol–water partition coefficient (Wildman–Crippen LogP) is 6.94. The Balaban J connectivity index is 1.51. The van der Waals surface area contributed by atoms with Crippen LogP contribution in [0.2, 0.25) is 0 Å². The van der Waals surface area contributed by atoms with Crippen LogP contribution in [-0.2, 0) is 16.1 Å². The maximum absolute atomic E-state index is 13.7. The van der Waals surface area contributed by atoms with Gasteiger partial charge in [-0.05, 0) is 43.0 Å². The van der Waals surface area contributed by atoms with Gasteiger partial charge in [0.2, 0.25) is 5.91 Å². The van der Waals surface area contributed by atoms with Gasteiger partial charge in [0.15, 0.2) is 6.04 Å². The number of carboxylic acid groups (broad SMARTS) is 1. The minimum absolute atomic E-state index is 0.0723. The number of nitrogens with one attached hydrogen (secondary N) is 1. The third kappa shape index (κ3) is 7.34. The average Bonchev–Trinajstić information content (AvgIpc) is 3.51. The number of carbonyl (C=O) groups excluding carboxylic acids is 1. The number of likely N-dealkylation sites (tertiary alicyclic amines) is 1. The maximum Gasteiger partial charge on any atom is 0.329 e. The molecule has 1 amide bonds. The summed E-state index contributed by atoms with van der Waals surface area (Å²) in [5.74, 6) is -1.51. The maximum atomic E-state index is 13.7. The quantitative estimate of drug-likeness (QED) is 0.143. The zero-order valence-corrected chi connectivity index (χ0v) is 24.2. The fraction of sp³-hybridized carbons (Fsp3) is 0.216. The van der Waals surface area contributed by atoms with E-state index in [9.17, 15) is 14.7 Å². The van der Waals surface area contributed by atoms with Crippen LogP contribution >= 0.6 is 0 Å². The number of hydrogen-bond donors (Lipinski definition) is 2. The first-order valence-electron chi connectivity index (χ1n) is 14.7. The van der Waals surface area contributed by atoms with E-state index in [1.165, 1.54) is 5.56 Å². The number of benzene rings is 4. The van der Waals surface area contributed by atoms with E-state index < -0.39 is 17.9 Å². The summed E-state index contributed by atoms with van der Waals surface area (Å²) in [7, 11) is 0. The molecule has 1 aliphatic heterocycles. The smallest absolute Gasteiger partial charge is 0.329 e. The van der Waals surface area contributed by atoms with E-state index in [2.05, 4.69) is 28.9 Å². The van der Waals surface area contributed by atoms with Crippen LogP contribution in [0.25, 0.3) is 0 Å². The van der Waals surface area contributed by atoms with Crippen molar-refractivity contribution in [2.75, 3.05) is 11.9 Å².